The van der Waals surface area contributed by atoms with E-state index in [1.54, 1.807) is 6.07 Å². The Balaban J connectivity index is 1.45. The highest BCUT2D eigenvalue weighted by atomic mass is 19.1. The van der Waals surface area contributed by atoms with Crippen molar-refractivity contribution in [2.24, 2.45) is 0 Å². The van der Waals surface area contributed by atoms with Crippen LogP contribution in [0, 0.1) is 5.82 Å². The van der Waals surface area contributed by atoms with E-state index in [4.69, 9.17) is 0 Å². The zero-order chi connectivity index (χ0) is 15.8. The minimum atomic E-state index is -0.0449. The molecule has 0 radical (unpaired) electrons. The minimum Gasteiger partial charge on any atom is -0.369 e. The van der Waals surface area contributed by atoms with Crippen molar-refractivity contribution in [2.45, 2.75) is 51.2 Å². The Kier molecular flexibility index (Phi) is 4.29. The Labute approximate surface area is 139 Å². The van der Waals surface area contributed by atoms with Gasteiger partial charge in [0.25, 0.3) is 0 Å². The van der Waals surface area contributed by atoms with Gasteiger partial charge in [-0.2, -0.15) is 0 Å². The van der Waals surface area contributed by atoms with Crippen LogP contribution in [0.2, 0.25) is 0 Å². The molecule has 0 aromatic heterocycles. The quantitative estimate of drug-likeness (QED) is 0.848. The number of hydrogen-bond donors (Lipinski definition) is 0. The topological polar surface area (TPSA) is 9.72 Å². The maximum absolute atomic E-state index is 14.5. The fraction of sp³-hybridized carbons (Fsp3) is 0.684. The Morgan fingerprint density at radius 3 is 2.70 bits per heavy atom. The highest BCUT2D eigenvalue weighted by Gasteiger charge is 2.34. The molecule has 0 amide bonds. The van der Waals surface area contributed by atoms with E-state index in [1.165, 1.54) is 38.8 Å². The second kappa shape index (κ2) is 6.40. The Bertz CT molecular complexity index is 556. The molecule has 1 aromatic rings. The smallest absolute Gasteiger partial charge is 0.146 e. The first kappa shape index (κ1) is 15.4. The molecule has 3 fully saturated rings. The summed E-state index contributed by atoms with van der Waals surface area (Å²) in [7, 11) is 0. The van der Waals surface area contributed by atoms with Crippen LogP contribution in [0.4, 0.5) is 10.1 Å². The summed E-state index contributed by atoms with van der Waals surface area (Å²) in [6.07, 6.45) is 5.03. The van der Waals surface area contributed by atoms with E-state index in [2.05, 4.69) is 27.7 Å². The Morgan fingerprint density at radius 1 is 1.09 bits per heavy atom. The van der Waals surface area contributed by atoms with Gasteiger partial charge in [-0.1, -0.05) is 6.07 Å². The van der Waals surface area contributed by atoms with Crippen LogP contribution < -0.4 is 4.90 Å². The molecule has 4 rings (SSSR count). The largest absolute Gasteiger partial charge is 0.369 e. The highest BCUT2D eigenvalue weighted by Crippen LogP contribution is 2.28. The second-order valence-electron chi connectivity index (χ2n) is 7.55. The van der Waals surface area contributed by atoms with Crippen molar-refractivity contribution in [3.8, 4) is 0 Å². The number of piperazine rings is 1. The average molecular weight is 317 g/mol. The van der Waals surface area contributed by atoms with E-state index in [0.29, 0.717) is 6.04 Å². The van der Waals surface area contributed by atoms with Gasteiger partial charge in [-0.15, -0.1) is 0 Å². The Hall–Kier alpha value is -1.13. The third kappa shape index (κ3) is 3.11. The standard InChI is InChI=1S/C19H28FN3/c1-15-12-22-10-4-5-17(22)14-23(15)13-16-6-7-19(18(20)11-16)21-8-2-3-9-21/h6-7,11,15,17H,2-5,8-10,12-14H2,1H3/t15-,17-/m0/s1. The summed E-state index contributed by atoms with van der Waals surface area (Å²) in [6, 6.07) is 7.17. The van der Waals surface area contributed by atoms with Crippen LogP contribution in [-0.4, -0.2) is 54.6 Å². The zero-order valence-electron chi connectivity index (χ0n) is 14.2. The van der Waals surface area contributed by atoms with Crippen LogP contribution >= 0.6 is 0 Å². The number of nitrogens with zero attached hydrogens (tertiary/aromatic N) is 3. The van der Waals surface area contributed by atoms with Crippen molar-refractivity contribution in [1.29, 1.82) is 0 Å². The van der Waals surface area contributed by atoms with E-state index in [-0.39, 0.29) is 5.82 Å². The SMILES string of the molecule is C[C@H]1CN2CCC[C@H]2CN1Cc1ccc(N2CCCC2)c(F)c1. The molecule has 2 atom stereocenters. The molecule has 0 spiro atoms. The first-order valence-electron chi connectivity index (χ1n) is 9.22. The molecule has 126 valence electrons. The maximum Gasteiger partial charge on any atom is 0.146 e. The van der Waals surface area contributed by atoms with Crippen LogP contribution in [0.5, 0.6) is 0 Å². The summed E-state index contributed by atoms with van der Waals surface area (Å²) in [5.41, 5.74) is 1.91. The van der Waals surface area contributed by atoms with Crippen LogP contribution in [0.3, 0.4) is 0 Å². The molecule has 3 aliphatic heterocycles. The van der Waals surface area contributed by atoms with Gasteiger partial charge in [0, 0.05) is 44.8 Å². The van der Waals surface area contributed by atoms with E-state index >= 15 is 0 Å². The van der Waals surface area contributed by atoms with Crippen molar-refractivity contribution >= 4 is 5.69 Å². The van der Waals surface area contributed by atoms with E-state index in [1.807, 2.05) is 6.07 Å². The van der Waals surface area contributed by atoms with Crippen molar-refractivity contribution < 1.29 is 4.39 Å². The highest BCUT2D eigenvalue weighted by molar-refractivity contribution is 5.49. The second-order valence-corrected chi connectivity index (χ2v) is 7.55. The lowest BCUT2D eigenvalue weighted by Gasteiger charge is -2.42. The molecule has 3 aliphatic rings. The van der Waals surface area contributed by atoms with E-state index in [9.17, 15) is 4.39 Å². The van der Waals surface area contributed by atoms with Crippen molar-refractivity contribution in [3.05, 3.63) is 29.6 Å². The maximum atomic E-state index is 14.5. The van der Waals surface area contributed by atoms with Gasteiger partial charge in [-0.3, -0.25) is 9.80 Å². The van der Waals surface area contributed by atoms with Gasteiger partial charge < -0.3 is 4.90 Å². The van der Waals surface area contributed by atoms with Gasteiger partial charge in [-0.25, -0.2) is 4.39 Å². The third-order valence-electron chi connectivity index (χ3n) is 5.91. The number of rotatable bonds is 3. The van der Waals surface area contributed by atoms with Crippen LogP contribution in [0.25, 0.3) is 0 Å². The van der Waals surface area contributed by atoms with Gasteiger partial charge >= 0.3 is 0 Å². The fourth-order valence-corrected chi connectivity index (χ4v) is 4.57. The molecule has 1 aromatic carbocycles. The lowest BCUT2D eigenvalue weighted by atomic mass is 10.1. The fourth-order valence-electron chi connectivity index (χ4n) is 4.57. The lowest BCUT2D eigenvalue weighted by Crippen LogP contribution is -2.54. The number of halogens is 1. The molecular formula is C19H28FN3. The molecule has 3 nitrogen and oxygen atoms in total. The summed E-state index contributed by atoms with van der Waals surface area (Å²) < 4.78 is 14.5. The van der Waals surface area contributed by atoms with Gasteiger partial charge in [0.2, 0.25) is 0 Å². The van der Waals surface area contributed by atoms with Gasteiger partial charge in [0.1, 0.15) is 5.82 Å². The van der Waals surface area contributed by atoms with Crippen LogP contribution in [0.1, 0.15) is 38.2 Å². The van der Waals surface area contributed by atoms with Crippen LogP contribution in [0.15, 0.2) is 18.2 Å². The first-order chi connectivity index (χ1) is 11.2. The predicted octanol–water partition coefficient (Wildman–Crippen LogP) is 3.09. The summed E-state index contributed by atoms with van der Waals surface area (Å²) in [4.78, 5) is 7.36. The summed E-state index contributed by atoms with van der Waals surface area (Å²) in [5.74, 6) is -0.0449. The van der Waals surface area contributed by atoms with Crippen molar-refractivity contribution in [3.63, 3.8) is 0 Å². The molecular weight excluding hydrogens is 289 g/mol. The Morgan fingerprint density at radius 2 is 1.91 bits per heavy atom. The number of anilines is 1. The van der Waals surface area contributed by atoms with E-state index in [0.717, 1.165) is 43.5 Å². The molecule has 3 heterocycles. The van der Waals surface area contributed by atoms with Crippen molar-refractivity contribution in [1.82, 2.24) is 9.80 Å². The van der Waals surface area contributed by atoms with Gasteiger partial charge in [0.05, 0.1) is 5.69 Å². The van der Waals surface area contributed by atoms with Gasteiger partial charge in [0.15, 0.2) is 0 Å². The molecule has 0 aliphatic carbocycles. The van der Waals surface area contributed by atoms with Gasteiger partial charge in [-0.05, 0) is 56.8 Å². The normalized spacial score (nSPS) is 29.2. The van der Waals surface area contributed by atoms with E-state index < -0.39 is 0 Å². The molecule has 0 saturated carbocycles. The summed E-state index contributed by atoms with van der Waals surface area (Å²) in [6.45, 7) is 8.75. The zero-order valence-corrected chi connectivity index (χ0v) is 14.2. The van der Waals surface area contributed by atoms with Crippen LogP contribution in [-0.2, 0) is 6.54 Å². The number of benzene rings is 1. The molecule has 0 unspecified atom stereocenters. The average Bonchev–Trinajstić information content (AvgIpc) is 3.19. The molecule has 0 bridgehead atoms. The monoisotopic (exact) mass is 317 g/mol. The predicted molar refractivity (Wildman–Crippen MR) is 92.3 cm³/mol. The number of fused-ring (bicyclic) bond motifs is 1. The lowest BCUT2D eigenvalue weighted by molar-refractivity contribution is 0.0540. The summed E-state index contributed by atoms with van der Waals surface area (Å²) >= 11 is 0. The molecule has 3 saturated heterocycles. The third-order valence-corrected chi connectivity index (χ3v) is 5.91. The first-order valence-corrected chi connectivity index (χ1v) is 9.22. The van der Waals surface area contributed by atoms with Crippen molar-refractivity contribution in [2.75, 3.05) is 37.6 Å². The summed E-state index contributed by atoms with van der Waals surface area (Å²) in [5, 5.41) is 0. The molecule has 23 heavy (non-hydrogen) atoms. The molecule has 4 heteroatoms. The molecule has 0 N–H and O–H groups in total. The number of hydrogen-bond acceptors (Lipinski definition) is 3. The minimum absolute atomic E-state index is 0.0449.